The van der Waals surface area contributed by atoms with Crippen LogP contribution in [0.2, 0.25) is 10.0 Å². The summed E-state index contributed by atoms with van der Waals surface area (Å²) in [6.07, 6.45) is 1.58. The summed E-state index contributed by atoms with van der Waals surface area (Å²) in [5.74, 6) is 1.36. The Morgan fingerprint density at radius 2 is 1.95 bits per heavy atom. The van der Waals surface area contributed by atoms with Crippen molar-refractivity contribution in [2.24, 2.45) is 5.41 Å². The summed E-state index contributed by atoms with van der Waals surface area (Å²) in [6.45, 7) is 8.01. The number of ether oxygens (including phenoxy) is 1. The van der Waals surface area contributed by atoms with E-state index < -0.39 is 5.91 Å². The Bertz CT molecular complexity index is 1340. The Hall–Kier alpha value is -2.27. The van der Waals surface area contributed by atoms with Gasteiger partial charge >= 0.3 is 0 Å². The molecule has 3 aromatic rings. The zero-order valence-corrected chi connectivity index (χ0v) is 24.6. The van der Waals surface area contributed by atoms with Crippen LogP contribution in [-0.2, 0) is 0 Å². The van der Waals surface area contributed by atoms with E-state index in [0.29, 0.717) is 14.5 Å². The number of carbonyl (C=O) groups excluding carboxylic acids is 2. The predicted octanol–water partition coefficient (Wildman–Crippen LogP) is 6.25. The molecule has 1 fully saturated rings. The Morgan fingerprint density at radius 3 is 2.57 bits per heavy atom. The van der Waals surface area contributed by atoms with Crippen molar-refractivity contribution < 1.29 is 14.3 Å². The normalized spacial score (nSPS) is 14.6. The molecule has 3 heterocycles. The van der Waals surface area contributed by atoms with E-state index in [0.717, 1.165) is 11.5 Å². The number of halogens is 3. The van der Waals surface area contributed by atoms with Gasteiger partial charge in [0.05, 0.1) is 16.3 Å². The monoisotopic (exact) mass is 625 g/mol. The molecule has 0 saturated carbocycles. The zero-order valence-electron chi connectivity index (χ0n) is 20.6. The Balaban J connectivity index is 1.70. The third kappa shape index (κ3) is 6.42. The topological polar surface area (TPSA) is 98.1 Å². The second-order valence-corrected chi connectivity index (χ2v) is 12.5. The van der Waals surface area contributed by atoms with Crippen LogP contribution in [0.5, 0.6) is 5.88 Å². The minimum atomic E-state index is -0.534. The van der Waals surface area contributed by atoms with Gasteiger partial charge in [0.15, 0.2) is 5.82 Å². The molecule has 1 unspecified atom stereocenters. The molecule has 12 heteroatoms. The van der Waals surface area contributed by atoms with Crippen molar-refractivity contribution in [1.29, 1.82) is 0 Å². The molecular weight excluding hydrogens is 601 g/mol. The van der Waals surface area contributed by atoms with Crippen LogP contribution in [-0.4, -0.2) is 50.2 Å². The first-order chi connectivity index (χ1) is 17.4. The number of rotatable bonds is 7. The summed E-state index contributed by atoms with van der Waals surface area (Å²) in [5, 5.41) is 10.9. The van der Waals surface area contributed by atoms with Crippen LogP contribution in [0.1, 0.15) is 48.5 Å². The predicted molar refractivity (Wildman–Crippen MR) is 152 cm³/mol. The van der Waals surface area contributed by atoms with Crippen LogP contribution >= 0.6 is 50.9 Å². The van der Waals surface area contributed by atoms with Gasteiger partial charge in [0.1, 0.15) is 11.8 Å². The minimum absolute atomic E-state index is 0.0222. The molecule has 37 heavy (non-hydrogen) atoms. The number of benzene rings is 1. The van der Waals surface area contributed by atoms with Gasteiger partial charge in [-0.15, -0.1) is 5.10 Å². The van der Waals surface area contributed by atoms with Gasteiger partial charge in [-0.1, -0.05) is 44.0 Å². The van der Waals surface area contributed by atoms with Gasteiger partial charge < -0.3 is 15.4 Å². The number of pyridine rings is 1. The Kier molecular flexibility index (Phi) is 8.42. The molecule has 1 aromatic carbocycles. The van der Waals surface area contributed by atoms with Crippen molar-refractivity contribution in [2.75, 3.05) is 16.8 Å². The van der Waals surface area contributed by atoms with Gasteiger partial charge in [-0.3, -0.25) is 9.59 Å². The zero-order chi connectivity index (χ0) is 26.9. The first-order valence-electron chi connectivity index (χ1n) is 11.5. The highest BCUT2D eigenvalue weighted by Gasteiger charge is 2.28. The van der Waals surface area contributed by atoms with E-state index >= 15 is 0 Å². The number of aromatic nitrogens is 3. The van der Waals surface area contributed by atoms with Crippen LogP contribution < -0.4 is 15.4 Å². The number of nitrogens with one attached hydrogen (secondary N) is 2. The van der Waals surface area contributed by atoms with Crippen molar-refractivity contribution in [1.82, 2.24) is 20.1 Å². The van der Waals surface area contributed by atoms with E-state index in [-0.39, 0.29) is 52.1 Å². The first kappa shape index (κ1) is 27.8. The summed E-state index contributed by atoms with van der Waals surface area (Å²) < 4.78 is 7.70. The van der Waals surface area contributed by atoms with Crippen LogP contribution in [0.25, 0.3) is 5.82 Å². The van der Waals surface area contributed by atoms with Crippen LogP contribution in [0.4, 0.5) is 5.69 Å². The van der Waals surface area contributed by atoms with E-state index in [4.69, 9.17) is 27.9 Å². The van der Waals surface area contributed by atoms with E-state index in [9.17, 15) is 9.59 Å². The molecule has 1 aliphatic heterocycles. The number of carbonyl (C=O) groups is 2. The molecule has 0 bridgehead atoms. The van der Waals surface area contributed by atoms with Gasteiger partial charge in [-0.25, -0.2) is 9.67 Å². The molecule has 8 nitrogen and oxygen atoms in total. The van der Waals surface area contributed by atoms with E-state index in [1.807, 2.05) is 27.7 Å². The Labute approximate surface area is 238 Å². The number of nitrogens with zero attached hydrogens (tertiary/aromatic N) is 3. The van der Waals surface area contributed by atoms with Gasteiger partial charge in [0.2, 0.25) is 5.88 Å². The largest absolute Gasteiger partial charge is 0.472 e. The quantitative estimate of drug-likeness (QED) is 0.322. The van der Waals surface area contributed by atoms with Crippen LogP contribution in [0.15, 0.2) is 41.0 Å². The Morgan fingerprint density at radius 1 is 1.22 bits per heavy atom. The lowest BCUT2D eigenvalue weighted by atomic mass is 9.88. The van der Waals surface area contributed by atoms with Crippen LogP contribution in [0, 0.1) is 5.41 Å². The number of hydrogen-bond acceptors (Lipinski definition) is 6. The molecule has 4 rings (SSSR count). The fourth-order valence-corrected chi connectivity index (χ4v) is 4.95. The maximum Gasteiger partial charge on any atom is 0.274 e. The number of hydrogen-bond donors (Lipinski definition) is 2. The summed E-state index contributed by atoms with van der Waals surface area (Å²) in [6, 6.07) is 7.86. The first-order valence-corrected chi connectivity index (χ1v) is 14.2. The van der Waals surface area contributed by atoms with Crippen molar-refractivity contribution in [3.8, 4) is 11.7 Å². The SMILES string of the molecule is CC(NC(=O)c1cc(Cl)cc(Br)c1NC(=O)c1cc(OC2CSC2)nn1-c1ncccc1Cl)C(C)(C)C. The van der Waals surface area contributed by atoms with Crippen molar-refractivity contribution in [2.45, 2.75) is 39.8 Å². The average Bonchev–Trinajstić information content (AvgIpc) is 3.21. The second kappa shape index (κ2) is 11.2. The molecule has 2 N–H and O–H groups in total. The molecule has 1 aliphatic rings. The molecule has 1 saturated heterocycles. The van der Waals surface area contributed by atoms with Gasteiger partial charge in [0, 0.05) is 39.3 Å². The van der Waals surface area contributed by atoms with Crippen molar-refractivity contribution >= 4 is 68.4 Å². The molecule has 0 spiro atoms. The van der Waals surface area contributed by atoms with E-state index in [1.165, 1.54) is 16.8 Å². The standard InChI is InChI=1S/C25H26BrCl2N5O3S/c1-13(25(2,3)4)30-23(34)16-8-14(27)9-17(26)21(16)31-24(35)19-10-20(36-15-11-37-12-15)32-33(19)22-18(28)6-5-7-29-22/h5-10,13,15H,11-12H2,1-4H3,(H,30,34)(H,31,35). The summed E-state index contributed by atoms with van der Waals surface area (Å²) >= 11 is 17.8. The molecule has 2 aromatic heterocycles. The van der Waals surface area contributed by atoms with E-state index in [2.05, 4.69) is 36.6 Å². The third-order valence-corrected chi connectivity index (χ3v) is 8.29. The number of thioether (sulfide) groups is 1. The fourth-order valence-electron chi connectivity index (χ4n) is 3.27. The molecule has 0 aliphatic carbocycles. The summed E-state index contributed by atoms with van der Waals surface area (Å²) in [7, 11) is 0. The van der Waals surface area contributed by atoms with Gasteiger partial charge in [-0.05, 0) is 52.5 Å². The third-order valence-electron chi connectivity index (χ3n) is 5.94. The van der Waals surface area contributed by atoms with Crippen molar-refractivity contribution in [3.63, 3.8) is 0 Å². The summed E-state index contributed by atoms with van der Waals surface area (Å²) in [4.78, 5) is 31.1. The molecule has 2 amide bonds. The minimum Gasteiger partial charge on any atom is -0.472 e. The maximum absolute atomic E-state index is 13.6. The lowest BCUT2D eigenvalue weighted by molar-refractivity contribution is 0.0911. The second-order valence-electron chi connectivity index (χ2n) is 9.69. The lowest BCUT2D eigenvalue weighted by Gasteiger charge is -2.28. The average molecular weight is 627 g/mol. The highest BCUT2D eigenvalue weighted by atomic mass is 79.9. The molecule has 196 valence electrons. The summed E-state index contributed by atoms with van der Waals surface area (Å²) in [5.41, 5.74) is 0.455. The smallest absolute Gasteiger partial charge is 0.274 e. The molecule has 0 radical (unpaired) electrons. The lowest BCUT2D eigenvalue weighted by Crippen LogP contribution is -2.41. The fraction of sp³-hybridized carbons (Fsp3) is 0.360. The van der Waals surface area contributed by atoms with Gasteiger partial charge in [-0.2, -0.15) is 11.8 Å². The van der Waals surface area contributed by atoms with Gasteiger partial charge in [0.25, 0.3) is 11.8 Å². The highest BCUT2D eigenvalue weighted by molar-refractivity contribution is 9.10. The molecular formula is C25H26BrCl2N5O3S. The number of amides is 2. The maximum atomic E-state index is 13.6. The van der Waals surface area contributed by atoms with E-state index in [1.54, 1.807) is 36.2 Å². The number of anilines is 1. The van der Waals surface area contributed by atoms with Crippen LogP contribution in [0.3, 0.4) is 0 Å². The molecule has 1 atom stereocenters. The highest BCUT2D eigenvalue weighted by Crippen LogP contribution is 2.33. The van der Waals surface area contributed by atoms with Crippen molar-refractivity contribution in [3.05, 3.63) is 62.3 Å².